The topological polar surface area (TPSA) is 102 Å². The van der Waals surface area contributed by atoms with Crippen molar-refractivity contribution in [3.8, 4) is 11.4 Å². The van der Waals surface area contributed by atoms with Crippen LogP contribution >= 0.6 is 34.4 Å². The molecule has 0 fully saturated rings. The summed E-state index contributed by atoms with van der Waals surface area (Å²) in [7, 11) is 0. The maximum atomic E-state index is 13.7. The molecule has 0 saturated carbocycles. The zero-order chi connectivity index (χ0) is 30.5. The lowest BCUT2D eigenvalue weighted by atomic mass is 10.0. The number of aromatic nitrogens is 3. The van der Waals surface area contributed by atoms with Gasteiger partial charge in [-0.25, -0.2) is 9.40 Å². The van der Waals surface area contributed by atoms with Gasteiger partial charge < -0.3 is 10.1 Å². The molecule has 5 aromatic rings. The average Bonchev–Trinajstić information content (AvgIpc) is 3.86. The van der Waals surface area contributed by atoms with Gasteiger partial charge in [-0.1, -0.05) is 36.0 Å². The summed E-state index contributed by atoms with van der Waals surface area (Å²) >= 11 is 4.15. The molecule has 224 valence electrons. The van der Waals surface area contributed by atoms with E-state index in [2.05, 4.69) is 15.5 Å². The third-order valence-corrected chi connectivity index (χ3v) is 9.51. The van der Waals surface area contributed by atoms with Crippen molar-refractivity contribution in [2.24, 2.45) is 5.10 Å². The van der Waals surface area contributed by atoms with Crippen LogP contribution in [0.2, 0.25) is 0 Å². The highest BCUT2D eigenvalue weighted by atomic mass is 32.2. The van der Waals surface area contributed by atoms with Gasteiger partial charge in [0, 0.05) is 12.1 Å². The fourth-order valence-electron chi connectivity index (χ4n) is 4.75. The van der Waals surface area contributed by atoms with Gasteiger partial charge in [0.25, 0.3) is 11.8 Å². The van der Waals surface area contributed by atoms with Gasteiger partial charge in [-0.3, -0.25) is 14.2 Å². The maximum Gasteiger partial charge on any atom is 0.261 e. The predicted octanol–water partition coefficient (Wildman–Crippen LogP) is 6.33. The van der Waals surface area contributed by atoms with Crippen LogP contribution in [0.5, 0.6) is 5.75 Å². The molecule has 2 aromatic carbocycles. The molecule has 9 nitrogen and oxygen atoms in total. The second-order valence-corrected chi connectivity index (χ2v) is 12.5. The molecule has 0 aliphatic carbocycles. The van der Waals surface area contributed by atoms with Gasteiger partial charge >= 0.3 is 0 Å². The molecule has 1 atom stereocenters. The van der Waals surface area contributed by atoms with Crippen LogP contribution in [-0.4, -0.2) is 49.7 Å². The minimum Gasteiger partial charge on any atom is -0.494 e. The van der Waals surface area contributed by atoms with Crippen LogP contribution in [0.3, 0.4) is 0 Å². The standard InChI is InChI=1S/C31H27FN6O3S3/c1-2-41-23-13-11-22(12-14-23)37-28(18-33-30(40)27-6-4-16-43-27)34-35-31(37)44-19-29(39)38-25(20-7-9-21(32)10-8-20)17-24(36-38)26-5-3-15-42-26/h3-16,25H,2,17-19H2,1H3,(H,33,40)/t25-/m1/s1. The molecule has 0 saturated heterocycles. The summed E-state index contributed by atoms with van der Waals surface area (Å²) in [6.45, 7) is 2.60. The van der Waals surface area contributed by atoms with E-state index in [1.54, 1.807) is 29.5 Å². The van der Waals surface area contributed by atoms with E-state index in [1.165, 1.54) is 40.2 Å². The molecular weight excluding hydrogens is 620 g/mol. The van der Waals surface area contributed by atoms with E-state index in [-0.39, 0.29) is 36.0 Å². The van der Waals surface area contributed by atoms with Crippen molar-refractivity contribution in [3.05, 3.63) is 111 Å². The molecule has 44 heavy (non-hydrogen) atoms. The number of rotatable bonds is 11. The monoisotopic (exact) mass is 646 g/mol. The Balaban J connectivity index is 1.24. The molecule has 1 aliphatic rings. The molecule has 13 heteroatoms. The molecular formula is C31H27FN6O3S3. The van der Waals surface area contributed by atoms with Crippen molar-refractivity contribution in [3.63, 3.8) is 0 Å². The first-order chi connectivity index (χ1) is 21.5. The summed E-state index contributed by atoms with van der Waals surface area (Å²) in [5.41, 5.74) is 2.38. The number of benzene rings is 2. The summed E-state index contributed by atoms with van der Waals surface area (Å²) in [6, 6.07) is 20.8. The maximum absolute atomic E-state index is 13.7. The van der Waals surface area contributed by atoms with Crippen LogP contribution in [0.15, 0.2) is 93.8 Å². The van der Waals surface area contributed by atoms with Crippen LogP contribution < -0.4 is 10.1 Å². The lowest BCUT2D eigenvalue weighted by Crippen LogP contribution is -2.28. The largest absolute Gasteiger partial charge is 0.494 e. The van der Waals surface area contributed by atoms with Gasteiger partial charge in [0.15, 0.2) is 11.0 Å². The lowest BCUT2D eigenvalue weighted by molar-refractivity contribution is -0.130. The summed E-state index contributed by atoms with van der Waals surface area (Å²) in [5.74, 6) is 0.514. The summed E-state index contributed by atoms with van der Waals surface area (Å²) < 4.78 is 21.1. The highest BCUT2D eigenvalue weighted by Crippen LogP contribution is 2.35. The van der Waals surface area contributed by atoms with Gasteiger partial charge in [-0.2, -0.15) is 5.10 Å². The first-order valence-corrected chi connectivity index (χ1v) is 16.6. The number of hydrazone groups is 1. The Kier molecular flexibility index (Phi) is 9.15. The average molecular weight is 647 g/mol. The van der Waals surface area contributed by atoms with Crippen LogP contribution in [-0.2, 0) is 11.3 Å². The number of hydrogen-bond acceptors (Lipinski definition) is 9. The predicted molar refractivity (Wildman–Crippen MR) is 170 cm³/mol. The number of amides is 2. The molecule has 6 rings (SSSR count). The fraction of sp³-hybridized carbons (Fsp3) is 0.194. The summed E-state index contributed by atoms with van der Waals surface area (Å²) in [6.07, 6.45) is 0.527. The molecule has 3 aromatic heterocycles. The Morgan fingerprint density at radius 2 is 1.80 bits per heavy atom. The van der Waals surface area contributed by atoms with E-state index >= 15 is 0 Å². The minimum absolute atomic E-state index is 0.0373. The van der Waals surface area contributed by atoms with E-state index in [9.17, 15) is 14.0 Å². The molecule has 2 amide bonds. The molecule has 0 radical (unpaired) electrons. The van der Waals surface area contributed by atoms with E-state index in [4.69, 9.17) is 9.84 Å². The van der Waals surface area contributed by atoms with Crippen molar-refractivity contribution >= 4 is 52.0 Å². The number of nitrogens with zero attached hydrogens (tertiary/aromatic N) is 5. The number of nitrogens with one attached hydrogen (secondary N) is 1. The van der Waals surface area contributed by atoms with Gasteiger partial charge in [-0.15, -0.1) is 32.9 Å². The first-order valence-electron chi connectivity index (χ1n) is 13.8. The van der Waals surface area contributed by atoms with Gasteiger partial charge in [-0.05, 0) is 71.8 Å². The molecule has 0 bridgehead atoms. The number of halogens is 1. The van der Waals surface area contributed by atoms with Gasteiger partial charge in [0.1, 0.15) is 11.6 Å². The van der Waals surface area contributed by atoms with Crippen molar-refractivity contribution in [2.45, 2.75) is 31.1 Å². The minimum atomic E-state index is -0.354. The van der Waals surface area contributed by atoms with Crippen LogP contribution in [0, 0.1) is 5.82 Å². The molecule has 1 aliphatic heterocycles. The first kappa shape index (κ1) is 29.7. The van der Waals surface area contributed by atoms with Gasteiger partial charge in [0.05, 0.1) is 40.4 Å². The highest BCUT2D eigenvalue weighted by Gasteiger charge is 2.33. The van der Waals surface area contributed by atoms with E-state index in [0.29, 0.717) is 28.9 Å². The number of carbonyl (C=O) groups is 2. The second-order valence-electron chi connectivity index (χ2n) is 9.64. The zero-order valence-electron chi connectivity index (χ0n) is 23.6. The summed E-state index contributed by atoms with van der Waals surface area (Å²) in [5, 5.41) is 22.2. The molecule has 1 N–H and O–H groups in total. The number of thiophene rings is 2. The van der Waals surface area contributed by atoms with Crippen molar-refractivity contribution in [2.75, 3.05) is 12.4 Å². The van der Waals surface area contributed by atoms with Crippen LogP contribution in [0.4, 0.5) is 4.39 Å². The number of carbonyl (C=O) groups excluding carboxylic acids is 2. The lowest BCUT2D eigenvalue weighted by Gasteiger charge is -2.22. The Morgan fingerprint density at radius 3 is 2.50 bits per heavy atom. The third kappa shape index (κ3) is 6.59. The van der Waals surface area contributed by atoms with Crippen molar-refractivity contribution < 1.29 is 18.7 Å². The van der Waals surface area contributed by atoms with E-state index in [1.807, 2.05) is 64.7 Å². The molecule has 0 spiro atoms. The highest BCUT2D eigenvalue weighted by molar-refractivity contribution is 7.99. The number of thioether (sulfide) groups is 1. The van der Waals surface area contributed by atoms with Crippen molar-refractivity contribution in [1.29, 1.82) is 0 Å². The smallest absolute Gasteiger partial charge is 0.261 e. The number of hydrogen-bond donors (Lipinski definition) is 1. The van der Waals surface area contributed by atoms with Crippen LogP contribution in [0.1, 0.15) is 45.3 Å². The Labute approximate surface area is 265 Å². The summed E-state index contributed by atoms with van der Waals surface area (Å²) in [4.78, 5) is 27.9. The van der Waals surface area contributed by atoms with Gasteiger partial charge in [0.2, 0.25) is 0 Å². The molecule has 4 heterocycles. The van der Waals surface area contributed by atoms with Crippen LogP contribution in [0.25, 0.3) is 5.69 Å². The Morgan fingerprint density at radius 1 is 1.02 bits per heavy atom. The van der Waals surface area contributed by atoms with E-state index in [0.717, 1.165) is 27.6 Å². The Bertz CT molecular complexity index is 1750. The van der Waals surface area contributed by atoms with Crippen molar-refractivity contribution in [1.82, 2.24) is 25.1 Å². The zero-order valence-corrected chi connectivity index (χ0v) is 26.0. The molecule has 0 unspecified atom stereocenters. The quantitative estimate of drug-likeness (QED) is 0.168. The SMILES string of the molecule is CCOc1ccc(-n2c(CNC(=O)c3cccs3)nnc2SCC(=O)N2N=C(c3cccs3)C[C@@H]2c2ccc(F)cc2)cc1. The third-order valence-electron chi connectivity index (χ3n) is 6.81. The second kappa shape index (κ2) is 13.5. The van der Waals surface area contributed by atoms with E-state index < -0.39 is 0 Å². The Hall–Kier alpha value is -4.33. The number of ether oxygens (including phenoxy) is 1. The fourth-order valence-corrected chi connectivity index (χ4v) is 6.93. The normalized spacial score (nSPS) is 14.5.